The van der Waals surface area contributed by atoms with Gasteiger partial charge in [-0.05, 0) is 56.3 Å². The monoisotopic (exact) mass is 347 g/mol. The summed E-state index contributed by atoms with van der Waals surface area (Å²) in [5.74, 6) is 0. The fourth-order valence-corrected chi connectivity index (χ4v) is 3.30. The highest BCUT2D eigenvalue weighted by Gasteiger charge is 2.14. The lowest BCUT2D eigenvalue weighted by Gasteiger charge is -2.09. The maximum atomic E-state index is 12.4. The number of hydrogen-bond donors (Lipinski definition) is 1. The van der Waals surface area contributed by atoms with Gasteiger partial charge in [0.1, 0.15) is 0 Å². The van der Waals surface area contributed by atoms with Gasteiger partial charge in [-0.2, -0.15) is 0 Å². The van der Waals surface area contributed by atoms with Gasteiger partial charge in [-0.15, -0.1) is 0 Å². The van der Waals surface area contributed by atoms with Crippen molar-refractivity contribution in [2.45, 2.75) is 18.7 Å². The highest BCUT2D eigenvalue weighted by molar-refractivity contribution is 7.92. The van der Waals surface area contributed by atoms with Gasteiger partial charge in [0.15, 0.2) is 0 Å². The zero-order valence-corrected chi connectivity index (χ0v) is 14.1. The molecule has 0 saturated carbocycles. The number of fused-ring (bicyclic) bond motifs is 1. The smallest absolute Gasteiger partial charge is 0.261 e. The Labute approximate surface area is 139 Å². The van der Waals surface area contributed by atoms with Gasteiger partial charge in [0.25, 0.3) is 10.0 Å². The summed E-state index contributed by atoms with van der Waals surface area (Å²) in [6, 6.07) is 11.1. The highest BCUT2D eigenvalue weighted by atomic mass is 35.5. The Kier molecular flexibility index (Phi) is 3.95. The molecule has 3 rings (SSSR count). The standard InChI is InChI=1S/C16H14ClN3O2S/c1-10-11(2)19-16-9-13(5-8-15(16)18-10)20-23(21,22)14-6-3-12(17)4-7-14/h3-9,20H,1-2H3. The lowest BCUT2D eigenvalue weighted by atomic mass is 10.2. The molecule has 118 valence electrons. The maximum Gasteiger partial charge on any atom is 0.261 e. The molecule has 0 fully saturated rings. The lowest BCUT2D eigenvalue weighted by Crippen LogP contribution is -2.12. The van der Waals surface area contributed by atoms with Crippen molar-refractivity contribution in [1.29, 1.82) is 0 Å². The Balaban J connectivity index is 1.97. The minimum atomic E-state index is -3.67. The number of sulfonamides is 1. The summed E-state index contributed by atoms with van der Waals surface area (Å²) in [7, 11) is -3.67. The first-order valence-electron chi connectivity index (χ1n) is 6.88. The van der Waals surface area contributed by atoms with Crippen LogP contribution in [0, 0.1) is 13.8 Å². The van der Waals surface area contributed by atoms with Gasteiger partial charge < -0.3 is 0 Å². The lowest BCUT2D eigenvalue weighted by molar-refractivity contribution is 0.601. The fraction of sp³-hybridized carbons (Fsp3) is 0.125. The van der Waals surface area contributed by atoms with Crippen molar-refractivity contribution in [1.82, 2.24) is 9.97 Å². The summed E-state index contributed by atoms with van der Waals surface area (Å²) >= 11 is 5.78. The summed E-state index contributed by atoms with van der Waals surface area (Å²) in [6.07, 6.45) is 0. The molecule has 0 aliphatic rings. The molecule has 2 aromatic carbocycles. The molecule has 0 saturated heterocycles. The number of halogens is 1. The molecule has 0 unspecified atom stereocenters. The summed E-state index contributed by atoms with van der Waals surface area (Å²) in [4.78, 5) is 9.01. The Morgan fingerprint density at radius 2 is 1.52 bits per heavy atom. The Hall–Kier alpha value is -2.18. The SMILES string of the molecule is Cc1nc2ccc(NS(=O)(=O)c3ccc(Cl)cc3)cc2nc1C. The quantitative estimate of drug-likeness (QED) is 0.784. The first kappa shape index (κ1) is 15.7. The molecule has 0 spiro atoms. The van der Waals surface area contributed by atoms with Gasteiger partial charge in [-0.25, -0.2) is 18.4 Å². The van der Waals surface area contributed by atoms with Crippen molar-refractivity contribution in [2.75, 3.05) is 4.72 Å². The number of aryl methyl sites for hydroxylation is 2. The molecular formula is C16H14ClN3O2S. The van der Waals surface area contributed by atoms with E-state index in [1.165, 1.54) is 24.3 Å². The Bertz CT molecular complexity index is 986. The molecule has 0 atom stereocenters. The maximum absolute atomic E-state index is 12.4. The van der Waals surface area contributed by atoms with Gasteiger partial charge in [0.2, 0.25) is 0 Å². The topological polar surface area (TPSA) is 72.0 Å². The second kappa shape index (κ2) is 5.79. The molecule has 0 aliphatic carbocycles. The van der Waals surface area contributed by atoms with E-state index in [1.54, 1.807) is 18.2 Å². The second-order valence-corrected chi connectivity index (χ2v) is 7.28. The van der Waals surface area contributed by atoms with Crippen molar-refractivity contribution in [2.24, 2.45) is 0 Å². The minimum Gasteiger partial charge on any atom is -0.280 e. The van der Waals surface area contributed by atoms with Crippen LogP contribution in [0.4, 0.5) is 5.69 Å². The third kappa shape index (κ3) is 3.28. The summed E-state index contributed by atoms with van der Waals surface area (Å²) in [5.41, 5.74) is 3.47. The van der Waals surface area contributed by atoms with Gasteiger partial charge in [-0.1, -0.05) is 11.6 Å². The van der Waals surface area contributed by atoms with Crippen molar-refractivity contribution in [3.05, 3.63) is 58.9 Å². The van der Waals surface area contributed by atoms with Crippen molar-refractivity contribution in [3.63, 3.8) is 0 Å². The zero-order chi connectivity index (χ0) is 16.6. The number of rotatable bonds is 3. The van der Waals surface area contributed by atoms with Crippen LogP contribution in [0.15, 0.2) is 47.4 Å². The molecule has 5 nitrogen and oxygen atoms in total. The molecule has 0 bridgehead atoms. The molecular weight excluding hydrogens is 334 g/mol. The minimum absolute atomic E-state index is 0.146. The largest absolute Gasteiger partial charge is 0.280 e. The van der Waals surface area contributed by atoms with Crippen LogP contribution in [0.5, 0.6) is 0 Å². The van der Waals surface area contributed by atoms with E-state index in [2.05, 4.69) is 14.7 Å². The number of anilines is 1. The van der Waals surface area contributed by atoms with E-state index in [1.807, 2.05) is 13.8 Å². The third-order valence-corrected chi connectivity index (χ3v) is 5.10. The molecule has 1 N–H and O–H groups in total. The van der Waals surface area contributed by atoms with Crippen LogP contribution >= 0.6 is 11.6 Å². The van der Waals surface area contributed by atoms with Gasteiger partial charge in [-0.3, -0.25) is 4.72 Å². The Morgan fingerprint density at radius 1 is 0.913 bits per heavy atom. The van der Waals surface area contributed by atoms with Crippen molar-refractivity contribution >= 4 is 38.3 Å². The van der Waals surface area contributed by atoms with Crippen LogP contribution in [0.3, 0.4) is 0 Å². The van der Waals surface area contributed by atoms with Crippen LogP contribution < -0.4 is 4.72 Å². The normalized spacial score (nSPS) is 11.6. The number of nitrogens with one attached hydrogen (secondary N) is 1. The average molecular weight is 348 g/mol. The molecule has 0 aliphatic heterocycles. The van der Waals surface area contributed by atoms with E-state index in [0.29, 0.717) is 16.2 Å². The van der Waals surface area contributed by atoms with Gasteiger partial charge in [0.05, 0.1) is 33.0 Å². The third-order valence-electron chi connectivity index (χ3n) is 3.45. The average Bonchev–Trinajstić information content (AvgIpc) is 2.49. The van der Waals surface area contributed by atoms with Crippen molar-refractivity contribution in [3.8, 4) is 0 Å². The van der Waals surface area contributed by atoms with E-state index in [-0.39, 0.29) is 4.90 Å². The van der Waals surface area contributed by atoms with E-state index in [0.717, 1.165) is 16.9 Å². The second-order valence-electron chi connectivity index (χ2n) is 5.16. The number of aromatic nitrogens is 2. The Morgan fingerprint density at radius 3 is 2.17 bits per heavy atom. The van der Waals surface area contributed by atoms with Crippen LogP contribution in [0.2, 0.25) is 5.02 Å². The van der Waals surface area contributed by atoms with Crippen LogP contribution in [0.1, 0.15) is 11.4 Å². The molecule has 7 heteroatoms. The molecule has 3 aromatic rings. The first-order chi connectivity index (χ1) is 10.8. The molecule has 1 aromatic heterocycles. The van der Waals surface area contributed by atoms with Crippen LogP contribution in [-0.2, 0) is 10.0 Å². The van der Waals surface area contributed by atoms with Gasteiger partial charge >= 0.3 is 0 Å². The number of benzene rings is 2. The highest BCUT2D eigenvalue weighted by Crippen LogP contribution is 2.21. The first-order valence-corrected chi connectivity index (χ1v) is 8.75. The number of hydrogen-bond acceptors (Lipinski definition) is 4. The fourth-order valence-electron chi connectivity index (χ4n) is 2.12. The van der Waals surface area contributed by atoms with E-state index < -0.39 is 10.0 Å². The predicted octanol–water partition coefficient (Wildman–Crippen LogP) is 3.70. The van der Waals surface area contributed by atoms with E-state index in [9.17, 15) is 8.42 Å². The molecule has 0 radical (unpaired) electrons. The van der Waals surface area contributed by atoms with Crippen LogP contribution in [-0.4, -0.2) is 18.4 Å². The predicted molar refractivity (Wildman–Crippen MR) is 91.3 cm³/mol. The van der Waals surface area contributed by atoms with E-state index in [4.69, 9.17) is 11.6 Å². The summed E-state index contributed by atoms with van der Waals surface area (Å²) in [6.45, 7) is 3.76. The van der Waals surface area contributed by atoms with Gasteiger partial charge in [0, 0.05) is 5.02 Å². The van der Waals surface area contributed by atoms with Crippen molar-refractivity contribution < 1.29 is 8.42 Å². The molecule has 23 heavy (non-hydrogen) atoms. The summed E-state index contributed by atoms with van der Waals surface area (Å²) < 4.78 is 27.3. The van der Waals surface area contributed by atoms with Crippen LogP contribution in [0.25, 0.3) is 11.0 Å². The molecule has 1 heterocycles. The van der Waals surface area contributed by atoms with E-state index >= 15 is 0 Å². The summed E-state index contributed by atoms with van der Waals surface area (Å²) in [5, 5.41) is 0.482. The molecule has 0 amide bonds. The number of nitrogens with zero attached hydrogens (tertiary/aromatic N) is 2. The zero-order valence-electron chi connectivity index (χ0n) is 12.5.